The van der Waals surface area contributed by atoms with Crippen LogP contribution in [0.2, 0.25) is 0 Å². The Labute approximate surface area is 112 Å². The predicted molar refractivity (Wildman–Crippen MR) is 74.3 cm³/mol. The van der Waals surface area contributed by atoms with E-state index in [2.05, 4.69) is 10.6 Å². The third-order valence-electron chi connectivity index (χ3n) is 2.57. The number of nitrogens with one attached hydrogen (secondary N) is 2. The highest BCUT2D eigenvalue weighted by Gasteiger charge is 1.99. The Balaban J connectivity index is 1.75. The molecule has 0 aliphatic heterocycles. The van der Waals surface area contributed by atoms with Gasteiger partial charge in [0.05, 0.1) is 12.8 Å². The molecular weight excluding hydrogens is 240 g/mol. The first-order chi connectivity index (χ1) is 9.24. The molecule has 0 saturated heterocycles. The fraction of sp³-hybridized carbons (Fsp3) is 0.133. The van der Waals surface area contributed by atoms with Crippen LogP contribution in [-0.2, 0) is 6.54 Å². The van der Waals surface area contributed by atoms with Gasteiger partial charge in [-0.3, -0.25) is 0 Å². The van der Waals surface area contributed by atoms with Gasteiger partial charge in [-0.1, -0.05) is 29.8 Å². The fourth-order valence-corrected chi connectivity index (χ4v) is 1.52. The van der Waals surface area contributed by atoms with Gasteiger partial charge in [0.1, 0.15) is 5.76 Å². The summed E-state index contributed by atoms with van der Waals surface area (Å²) in [6, 6.07) is 11.4. The SMILES string of the molecule is Cc1ccc(/C=C/NC(=O)NCc2ccco2)cc1. The average molecular weight is 256 g/mol. The Morgan fingerprint density at radius 2 is 2.05 bits per heavy atom. The minimum atomic E-state index is -0.264. The zero-order valence-corrected chi connectivity index (χ0v) is 10.7. The molecule has 0 unspecified atom stereocenters. The van der Waals surface area contributed by atoms with Crippen LogP contribution < -0.4 is 10.6 Å². The van der Waals surface area contributed by atoms with Crippen molar-refractivity contribution in [3.63, 3.8) is 0 Å². The molecule has 0 fully saturated rings. The number of hydrogen-bond acceptors (Lipinski definition) is 2. The Bertz CT molecular complexity index is 542. The van der Waals surface area contributed by atoms with Crippen molar-refractivity contribution in [1.29, 1.82) is 0 Å². The molecule has 19 heavy (non-hydrogen) atoms. The lowest BCUT2D eigenvalue weighted by Crippen LogP contribution is -2.31. The minimum Gasteiger partial charge on any atom is -0.467 e. The van der Waals surface area contributed by atoms with Crippen molar-refractivity contribution < 1.29 is 9.21 Å². The third kappa shape index (κ3) is 4.35. The van der Waals surface area contributed by atoms with Gasteiger partial charge >= 0.3 is 6.03 Å². The van der Waals surface area contributed by atoms with Crippen molar-refractivity contribution >= 4 is 12.1 Å². The highest BCUT2D eigenvalue weighted by molar-refractivity contribution is 5.75. The number of rotatable bonds is 4. The van der Waals surface area contributed by atoms with Crippen LogP contribution in [0, 0.1) is 6.92 Å². The van der Waals surface area contributed by atoms with Crippen LogP contribution in [0.4, 0.5) is 4.79 Å². The molecule has 1 aromatic heterocycles. The molecule has 1 heterocycles. The number of aryl methyl sites for hydroxylation is 1. The van der Waals surface area contributed by atoms with Crippen LogP contribution in [-0.4, -0.2) is 6.03 Å². The summed E-state index contributed by atoms with van der Waals surface area (Å²) >= 11 is 0. The van der Waals surface area contributed by atoms with Crippen molar-refractivity contribution in [1.82, 2.24) is 10.6 Å². The summed E-state index contributed by atoms with van der Waals surface area (Å²) in [5.74, 6) is 0.720. The monoisotopic (exact) mass is 256 g/mol. The van der Waals surface area contributed by atoms with Gasteiger partial charge in [0.2, 0.25) is 0 Å². The largest absolute Gasteiger partial charge is 0.467 e. The molecule has 0 aliphatic rings. The number of furan rings is 1. The first-order valence-corrected chi connectivity index (χ1v) is 6.04. The number of benzene rings is 1. The second kappa shape index (κ2) is 6.44. The van der Waals surface area contributed by atoms with E-state index in [1.807, 2.05) is 43.3 Å². The van der Waals surface area contributed by atoms with E-state index >= 15 is 0 Å². The van der Waals surface area contributed by atoms with Gasteiger partial charge in [0.25, 0.3) is 0 Å². The van der Waals surface area contributed by atoms with Gasteiger partial charge in [0, 0.05) is 6.20 Å². The number of amides is 2. The number of urea groups is 1. The number of carbonyl (C=O) groups is 1. The average Bonchev–Trinajstić information content (AvgIpc) is 2.92. The Hall–Kier alpha value is -2.49. The van der Waals surface area contributed by atoms with E-state index in [9.17, 15) is 4.79 Å². The zero-order valence-electron chi connectivity index (χ0n) is 10.7. The molecule has 0 radical (unpaired) electrons. The van der Waals surface area contributed by atoms with Crippen LogP contribution in [0.15, 0.2) is 53.3 Å². The molecule has 98 valence electrons. The zero-order chi connectivity index (χ0) is 13.5. The van der Waals surface area contributed by atoms with Crippen molar-refractivity contribution in [2.75, 3.05) is 0 Å². The molecule has 4 heteroatoms. The maximum Gasteiger partial charge on any atom is 0.319 e. The second-order valence-corrected chi connectivity index (χ2v) is 4.15. The predicted octanol–water partition coefficient (Wildman–Crippen LogP) is 3.06. The lowest BCUT2D eigenvalue weighted by molar-refractivity contribution is 0.243. The molecule has 2 rings (SSSR count). The van der Waals surface area contributed by atoms with Crippen LogP contribution in [0.3, 0.4) is 0 Å². The van der Waals surface area contributed by atoms with Gasteiger partial charge in [-0.2, -0.15) is 0 Å². The van der Waals surface area contributed by atoms with Crippen molar-refractivity contribution in [3.8, 4) is 0 Å². The first-order valence-electron chi connectivity index (χ1n) is 6.04. The molecule has 0 saturated carbocycles. The van der Waals surface area contributed by atoms with Crippen LogP contribution in [0.5, 0.6) is 0 Å². The minimum absolute atomic E-state index is 0.264. The normalized spacial score (nSPS) is 10.6. The van der Waals surface area contributed by atoms with Gasteiger partial charge in [-0.15, -0.1) is 0 Å². The van der Waals surface area contributed by atoms with E-state index in [1.165, 1.54) is 5.56 Å². The quantitative estimate of drug-likeness (QED) is 0.883. The molecule has 2 amide bonds. The van der Waals surface area contributed by atoms with E-state index in [0.717, 1.165) is 11.3 Å². The lowest BCUT2D eigenvalue weighted by atomic mass is 10.1. The summed E-state index contributed by atoms with van der Waals surface area (Å²) < 4.78 is 5.11. The molecule has 4 nitrogen and oxygen atoms in total. The summed E-state index contributed by atoms with van der Waals surface area (Å²) in [7, 11) is 0. The fourth-order valence-electron chi connectivity index (χ4n) is 1.52. The molecule has 2 N–H and O–H groups in total. The van der Waals surface area contributed by atoms with Crippen molar-refractivity contribution in [3.05, 3.63) is 65.7 Å². The highest BCUT2D eigenvalue weighted by atomic mass is 16.3. The van der Waals surface area contributed by atoms with Crippen LogP contribution >= 0.6 is 0 Å². The van der Waals surface area contributed by atoms with Crippen LogP contribution in [0.1, 0.15) is 16.9 Å². The van der Waals surface area contributed by atoms with E-state index in [1.54, 1.807) is 18.5 Å². The standard InChI is InChI=1S/C15H16N2O2/c1-12-4-6-13(7-5-12)8-9-16-15(18)17-11-14-3-2-10-19-14/h2-10H,11H2,1H3,(H2,16,17,18)/b9-8+. The highest BCUT2D eigenvalue weighted by Crippen LogP contribution is 2.04. The van der Waals surface area contributed by atoms with Gasteiger partial charge < -0.3 is 15.1 Å². The molecular formula is C15H16N2O2. The van der Waals surface area contributed by atoms with E-state index in [-0.39, 0.29) is 6.03 Å². The summed E-state index contributed by atoms with van der Waals surface area (Å²) in [5, 5.41) is 5.32. The topological polar surface area (TPSA) is 54.3 Å². The molecule has 2 aromatic rings. The second-order valence-electron chi connectivity index (χ2n) is 4.15. The number of carbonyl (C=O) groups excluding carboxylic acids is 1. The van der Waals surface area contributed by atoms with Gasteiger partial charge in [-0.25, -0.2) is 4.79 Å². The molecule has 0 spiro atoms. The van der Waals surface area contributed by atoms with E-state index in [0.29, 0.717) is 6.54 Å². The third-order valence-corrected chi connectivity index (χ3v) is 2.57. The van der Waals surface area contributed by atoms with Gasteiger partial charge in [-0.05, 0) is 30.7 Å². The molecule has 0 atom stereocenters. The number of hydrogen-bond donors (Lipinski definition) is 2. The lowest BCUT2D eigenvalue weighted by Gasteiger charge is -2.02. The Morgan fingerprint density at radius 3 is 2.74 bits per heavy atom. The maximum absolute atomic E-state index is 11.5. The molecule has 0 aliphatic carbocycles. The van der Waals surface area contributed by atoms with Crippen molar-refractivity contribution in [2.24, 2.45) is 0 Å². The maximum atomic E-state index is 11.5. The Kier molecular flexibility index (Phi) is 4.39. The molecule has 1 aromatic carbocycles. The summed E-state index contributed by atoms with van der Waals surface area (Å²) in [5.41, 5.74) is 2.25. The smallest absolute Gasteiger partial charge is 0.319 e. The Morgan fingerprint density at radius 1 is 1.26 bits per heavy atom. The van der Waals surface area contributed by atoms with E-state index < -0.39 is 0 Å². The first kappa shape index (κ1) is 13.0. The van der Waals surface area contributed by atoms with Crippen LogP contribution in [0.25, 0.3) is 6.08 Å². The van der Waals surface area contributed by atoms with Gasteiger partial charge in [0.15, 0.2) is 0 Å². The summed E-state index contributed by atoms with van der Waals surface area (Å²) in [6.07, 6.45) is 5.03. The summed E-state index contributed by atoms with van der Waals surface area (Å²) in [6.45, 7) is 2.41. The molecule has 0 bridgehead atoms. The van der Waals surface area contributed by atoms with E-state index in [4.69, 9.17) is 4.42 Å². The van der Waals surface area contributed by atoms with Crippen molar-refractivity contribution in [2.45, 2.75) is 13.5 Å². The summed E-state index contributed by atoms with van der Waals surface area (Å²) in [4.78, 5) is 11.5.